The first kappa shape index (κ1) is 20.9. The summed E-state index contributed by atoms with van der Waals surface area (Å²) in [7, 11) is 0. The largest absolute Gasteiger partial charge is 0.471 e. The Bertz CT molecular complexity index is 781. The van der Waals surface area contributed by atoms with E-state index in [0.717, 1.165) is 24.4 Å². The summed E-state index contributed by atoms with van der Waals surface area (Å²) in [5.41, 5.74) is 0.934. The summed E-state index contributed by atoms with van der Waals surface area (Å²) in [5.74, 6) is 1.35. The molecule has 8 heteroatoms. The molecule has 0 bridgehead atoms. The molecule has 0 unspecified atom stereocenters. The maximum Gasteiger partial charge on any atom is 0.410 e. The van der Waals surface area contributed by atoms with Crippen molar-refractivity contribution in [2.75, 3.05) is 13.1 Å². The van der Waals surface area contributed by atoms with Crippen LogP contribution in [0, 0.1) is 6.92 Å². The molecule has 0 aliphatic carbocycles. The van der Waals surface area contributed by atoms with E-state index >= 15 is 0 Å². The smallest absolute Gasteiger partial charge is 0.410 e. The number of ether oxygens (including phenoxy) is 2. The van der Waals surface area contributed by atoms with Crippen LogP contribution in [0.25, 0.3) is 11.2 Å². The number of fused-ring (bicyclic) bond motifs is 1. The number of likely N-dealkylation sites (tertiary alicyclic amines) is 1. The molecule has 3 rings (SSSR count). The molecule has 0 saturated carbocycles. The van der Waals surface area contributed by atoms with Crippen molar-refractivity contribution in [1.29, 1.82) is 0 Å². The lowest BCUT2D eigenvalue weighted by Gasteiger charge is -2.24. The first-order valence-electron chi connectivity index (χ1n) is 9.61. The number of carbonyl (C=O) groups excluding carboxylic acids is 1. The standard InChI is InChI=1S/C17H25N5O3.C2H6/c1-6-22-11(2)20-13-14(22)18-10-19-15(13)24-12-7-8-21(9-12)16(23)25-17(3,4)5;1-2/h10,12H,6-9H2,1-5H3;1-2H3/t12-;/m0./s1. The molecule has 8 nitrogen and oxygen atoms in total. The monoisotopic (exact) mass is 377 g/mol. The van der Waals surface area contributed by atoms with Gasteiger partial charge < -0.3 is 18.9 Å². The molecular formula is C19H31N5O3. The molecule has 1 aliphatic rings. The van der Waals surface area contributed by atoms with E-state index in [4.69, 9.17) is 9.47 Å². The number of amides is 1. The van der Waals surface area contributed by atoms with Crippen molar-refractivity contribution in [3.05, 3.63) is 12.2 Å². The van der Waals surface area contributed by atoms with Gasteiger partial charge in [0.25, 0.3) is 0 Å². The highest BCUT2D eigenvalue weighted by atomic mass is 16.6. The van der Waals surface area contributed by atoms with Gasteiger partial charge in [-0.05, 0) is 34.6 Å². The van der Waals surface area contributed by atoms with E-state index in [0.29, 0.717) is 24.5 Å². The number of hydrogen-bond acceptors (Lipinski definition) is 6. The van der Waals surface area contributed by atoms with Crippen LogP contribution < -0.4 is 4.74 Å². The summed E-state index contributed by atoms with van der Waals surface area (Å²) in [4.78, 5) is 26.9. The predicted octanol–water partition coefficient (Wildman–Crippen LogP) is 3.57. The minimum absolute atomic E-state index is 0.127. The second-order valence-corrected chi connectivity index (χ2v) is 7.21. The average Bonchev–Trinajstić information content (AvgIpc) is 3.19. The molecule has 3 heterocycles. The first-order valence-corrected chi connectivity index (χ1v) is 9.61. The van der Waals surface area contributed by atoms with Crippen LogP contribution >= 0.6 is 0 Å². The molecule has 1 fully saturated rings. The van der Waals surface area contributed by atoms with Gasteiger partial charge in [0.05, 0.1) is 6.54 Å². The van der Waals surface area contributed by atoms with Gasteiger partial charge in [-0.1, -0.05) is 13.8 Å². The molecule has 1 aliphatic heterocycles. The van der Waals surface area contributed by atoms with Crippen LogP contribution in [-0.2, 0) is 11.3 Å². The Balaban J connectivity index is 0.00000126. The Morgan fingerprint density at radius 2 is 2.00 bits per heavy atom. The van der Waals surface area contributed by atoms with Gasteiger partial charge in [0.1, 0.15) is 23.9 Å². The van der Waals surface area contributed by atoms with Crippen LogP contribution in [-0.4, -0.2) is 55.3 Å². The number of aryl methyl sites for hydroxylation is 2. The summed E-state index contributed by atoms with van der Waals surface area (Å²) in [6, 6.07) is 0. The van der Waals surface area contributed by atoms with Gasteiger partial charge in [0.2, 0.25) is 5.88 Å². The van der Waals surface area contributed by atoms with Crippen molar-refractivity contribution in [1.82, 2.24) is 24.4 Å². The molecule has 0 radical (unpaired) electrons. The van der Waals surface area contributed by atoms with Crippen LogP contribution in [0.3, 0.4) is 0 Å². The highest BCUT2D eigenvalue weighted by molar-refractivity contribution is 5.76. The number of rotatable bonds is 3. The summed E-state index contributed by atoms with van der Waals surface area (Å²) in [5, 5.41) is 0. The van der Waals surface area contributed by atoms with Gasteiger partial charge in [0.15, 0.2) is 11.2 Å². The summed E-state index contributed by atoms with van der Waals surface area (Å²) in [6.07, 6.45) is 1.79. The fourth-order valence-electron chi connectivity index (χ4n) is 2.96. The Kier molecular flexibility index (Phi) is 6.62. The van der Waals surface area contributed by atoms with Gasteiger partial charge in [-0.25, -0.2) is 14.8 Å². The minimum atomic E-state index is -0.501. The molecule has 1 saturated heterocycles. The third-order valence-electron chi connectivity index (χ3n) is 4.08. The van der Waals surface area contributed by atoms with Gasteiger partial charge >= 0.3 is 6.09 Å². The van der Waals surface area contributed by atoms with Crippen molar-refractivity contribution in [2.24, 2.45) is 0 Å². The van der Waals surface area contributed by atoms with E-state index in [1.54, 1.807) is 4.90 Å². The zero-order valence-electron chi connectivity index (χ0n) is 17.4. The van der Waals surface area contributed by atoms with Crippen LogP contribution in [0.15, 0.2) is 6.33 Å². The third kappa shape index (κ3) is 4.87. The van der Waals surface area contributed by atoms with Crippen molar-refractivity contribution in [2.45, 2.75) is 73.1 Å². The van der Waals surface area contributed by atoms with Gasteiger partial charge in [-0.2, -0.15) is 4.98 Å². The molecule has 150 valence electrons. The molecule has 2 aromatic rings. The molecule has 27 heavy (non-hydrogen) atoms. The quantitative estimate of drug-likeness (QED) is 0.813. The van der Waals surface area contributed by atoms with Gasteiger partial charge in [0, 0.05) is 19.5 Å². The predicted molar refractivity (Wildman–Crippen MR) is 104 cm³/mol. The Labute approximate surface area is 160 Å². The molecule has 1 amide bonds. The van der Waals surface area contributed by atoms with Crippen molar-refractivity contribution in [3.8, 4) is 5.88 Å². The number of carbonyl (C=O) groups is 1. The number of hydrogen-bond donors (Lipinski definition) is 0. The Morgan fingerprint density at radius 1 is 1.30 bits per heavy atom. The lowest BCUT2D eigenvalue weighted by atomic mass is 10.2. The molecule has 1 atom stereocenters. The summed E-state index contributed by atoms with van der Waals surface area (Å²) >= 11 is 0. The zero-order valence-corrected chi connectivity index (χ0v) is 17.4. The second kappa shape index (κ2) is 8.54. The highest BCUT2D eigenvalue weighted by Crippen LogP contribution is 2.25. The van der Waals surface area contributed by atoms with E-state index in [-0.39, 0.29) is 12.2 Å². The van der Waals surface area contributed by atoms with Crippen LogP contribution in [0.1, 0.15) is 53.8 Å². The molecular weight excluding hydrogens is 346 g/mol. The molecule has 0 N–H and O–H groups in total. The van der Waals surface area contributed by atoms with E-state index in [2.05, 4.69) is 15.0 Å². The minimum Gasteiger partial charge on any atom is -0.471 e. The van der Waals surface area contributed by atoms with E-state index in [1.165, 1.54) is 6.33 Å². The van der Waals surface area contributed by atoms with Crippen LogP contribution in [0.5, 0.6) is 5.88 Å². The number of nitrogens with zero attached hydrogens (tertiary/aromatic N) is 5. The fraction of sp³-hybridized carbons (Fsp3) is 0.684. The van der Waals surface area contributed by atoms with Gasteiger partial charge in [-0.15, -0.1) is 0 Å². The van der Waals surface area contributed by atoms with E-state index in [9.17, 15) is 4.79 Å². The average molecular weight is 377 g/mol. The fourth-order valence-corrected chi connectivity index (χ4v) is 2.96. The maximum absolute atomic E-state index is 12.2. The van der Waals surface area contributed by atoms with E-state index in [1.807, 2.05) is 53.0 Å². The normalized spacial score (nSPS) is 16.9. The SMILES string of the molecule is CC.CCn1c(C)nc2c(O[C@H]3CCN(C(=O)OC(C)(C)C)C3)ncnc21. The third-order valence-corrected chi connectivity index (χ3v) is 4.08. The van der Waals surface area contributed by atoms with Gasteiger partial charge in [-0.3, -0.25) is 0 Å². The Morgan fingerprint density at radius 3 is 2.63 bits per heavy atom. The highest BCUT2D eigenvalue weighted by Gasteiger charge is 2.31. The number of aromatic nitrogens is 4. The van der Waals surface area contributed by atoms with Crippen molar-refractivity contribution < 1.29 is 14.3 Å². The summed E-state index contributed by atoms with van der Waals surface area (Å²) in [6.45, 7) is 15.4. The van der Waals surface area contributed by atoms with Crippen LogP contribution in [0.2, 0.25) is 0 Å². The Hall–Kier alpha value is -2.38. The second-order valence-electron chi connectivity index (χ2n) is 7.21. The molecule has 0 aromatic carbocycles. The lowest BCUT2D eigenvalue weighted by Crippen LogP contribution is -2.36. The molecule has 0 spiro atoms. The lowest BCUT2D eigenvalue weighted by molar-refractivity contribution is 0.0275. The number of imidazole rings is 1. The maximum atomic E-state index is 12.2. The topological polar surface area (TPSA) is 82.4 Å². The summed E-state index contributed by atoms with van der Waals surface area (Å²) < 4.78 is 13.5. The van der Waals surface area contributed by atoms with E-state index < -0.39 is 5.60 Å². The van der Waals surface area contributed by atoms with Crippen molar-refractivity contribution >= 4 is 17.3 Å². The zero-order chi connectivity index (χ0) is 20.2. The first-order chi connectivity index (χ1) is 12.8. The van der Waals surface area contributed by atoms with Crippen molar-refractivity contribution in [3.63, 3.8) is 0 Å². The van der Waals surface area contributed by atoms with Crippen LogP contribution in [0.4, 0.5) is 4.79 Å². The molecule has 2 aromatic heterocycles.